The molecule has 0 heterocycles. The van der Waals surface area contributed by atoms with Gasteiger partial charge in [0.15, 0.2) is 5.75 Å². The Hall–Kier alpha value is -1.88. The molecule has 0 saturated carbocycles. The lowest BCUT2D eigenvalue weighted by Crippen LogP contribution is -2.20. The van der Waals surface area contributed by atoms with Crippen LogP contribution in [-0.4, -0.2) is 18.9 Å². The highest BCUT2D eigenvalue weighted by atomic mass is 32.1. The van der Waals surface area contributed by atoms with E-state index in [-0.39, 0.29) is 17.1 Å². The summed E-state index contributed by atoms with van der Waals surface area (Å²) in [6.45, 7) is 1.50. The van der Waals surface area contributed by atoms with E-state index in [9.17, 15) is 18.0 Å². The van der Waals surface area contributed by atoms with Crippen molar-refractivity contribution in [2.75, 3.05) is 6.61 Å². The third-order valence-electron chi connectivity index (χ3n) is 1.97. The summed E-state index contributed by atoms with van der Waals surface area (Å²) in [7, 11) is 0. The summed E-state index contributed by atoms with van der Waals surface area (Å²) in [5, 5.41) is 8.72. The lowest BCUT2D eigenvalue weighted by Gasteiger charge is -2.15. The van der Waals surface area contributed by atoms with Gasteiger partial charge in [0, 0.05) is 0 Å². The Labute approximate surface area is 112 Å². The number of hydrogen-bond acceptors (Lipinski definition) is 5. The number of esters is 1. The van der Waals surface area contributed by atoms with Gasteiger partial charge in [-0.1, -0.05) is 0 Å². The van der Waals surface area contributed by atoms with Crippen LogP contribution in [-0.2, 0) is 4.74 Å². The van der Waals surface area contributed by atoms with Gasteiger partial charge in [-0.2, -0.15) is 5.26 Å². The standard InChI is InChI=1S/C11H8F3NO3S/c1-2-17-10(16)7-4-3-6(5-15)9(19)8(7)18-11(12,13)14/h3-4,19H,2H2,1H3. The smallest absolute Gasteiger partial charge is 0.462 e. The molecule has 0 fully saturated rings. The third kappa shape index (κ3) is 3.79. The van der Waals surface area contributed by atoms with E-state index in [0.29, 0.717) is 0 Å². The van der Waals surface area contributed by atoms with Crippen LogP contribution in [0, 0.1) is 11.3 Å². The van der Waals surface area contributed by atoms with E-state index in [2.05, 4.69) is 22.1 Å². The fourth-order valence-corrected chi connectivity index (χ4v) is 1.54. The van der Waals surface area contributed by atoms with E-state index in [4.69, 9.17) is 5.26 Å². The molecule has 1 rings (SSSR count). The molecule has 4 nitrogen and oxygen atoms in total. The van der Waals surface area contributed by atoms with E-state index in [1.54, 1.807) is 6.07 Å². The van der Waals surface area contributed by atoms with Gasteiger partial charge in [-0.15, -0.1) is 25.8 Å². The molecule has 0 amide bonds. The summed E-state index contributed by atoms with van der Waals surface area (Å²) in [5.41, 5.74) is -0.584. The van der Waals surface area contributed by atoms with E-state index < -0.39 is 23.6 Å². The molecule has 19 heavy (non-hydrogen) atoms. The summed E-state index contributed by atoms with van der Waals surface area (Å²) in [6.07, 6.45) is -5.01. The van der Waals surface area contributed by atoms with Crippen LogP contribution in [0.1, 0.15) is 22.8 Å². The maximum atomic E-state index is 12.3. The highest BCUT2D eigenvalue weighted by Crippen LogP contribution is 2.35. The number of halogens is 3. The number of nitriles is 1. The van der Waals surface area contributed by atoms with Crippen LogP contribution in [0.4, 0.5) is 13.2 Å². The third-order valence-corrected chi connectivity index (χ3v) is 2.41. The van der Waals surface area contributed by atoms with E-state index in [0.717, 1.165) is 12.1 Å². The number of rotatable bonds is 3. The second-order valence-electron chi connectivity index (χ2n) is 3.22. The van der Waals surface area contributed by atoms with Gasteiger partial charge in [0.25, 0.3) is 0 Å². The zero-order valence-electron chi connectivity index (χ0n) is 9.61. The molecule has 0 saturated heterocycles. The summed E-state index contributed by atoms with van der Waals surface area (Å²) < 4.78 is 45.2. The Morgan fingerprint density at radius 2 is 2.11 bits per heavy atom. The molecule has 0 spiro atoms. The molecule has 102 valence electrons. The first kappa shape index (κ1) is 15.2. The van der Waals surface area contributed by atoms with Crippen LogP contribution in [0.5, 0.6) is 5.75 Å². The maximum Gasteiger partial charge on any atom is 0.573 e. The van der Waals surface area contributed by atoms with Crippen molar-refractivity contribution < 1.29 is 27.4 Å². The molecular formula is C11H8F3NO3S. The van der Waals surface area contributed by atoms with Crippen molar-refractivity contribution in [3.05, 3.63) is 23.3 Å². The molecule has 0 aliphatic rings. The van der Waals surface area contributed by atoms with Crippen molar-refractivity contribution in [2.24, 2.45) is 0 Å². The van der Waals surface area contributed by atoms with Crippen molar-refractivity contribution >= 4 is 18.6 Å². The number of benzene rings is 1. The predicted molar refractivity (Wildman–Crippen MR) is 61.0 cm³/mol. The van der Waals surface area contributed by atoms with Crippen LogP contribution in [0.2, 0.25) is 0 Å². The number of thiol groups is 1. The van der Waals surface area contributed by atoms with Crippen LogP contribution in [0.15, 0.2) is 17.0 Å². The SMILES string of the molecule is CCOC(=O)c1ccc(C#N)c(S)c1OC(F)(F)F. The number of nitrogens with zero attached hydrogens (tertiary/aromatic N) is 1. The van der Waals surface area contributed by atoms with Gasteiger partial charge in [0.2, 0.25) is 0 Å². The lowest BCUT2D eigenvalue weighted by molar-refractivity contribution is -0.275. The zero-order valence-corrected chi connectivity index (χ0v) is 10.5. The van der Waals surface area contributed by atoms with Crippen LogP contribution in [0.25, 0.3) is 0 Å². The highest BCUT2D eigenvalue weighted by molar-refractivity contribution is 7.80. The second kappa shape index (κ2) is 5.84. The van der Waals surface area contributed by atoms with Gasteiger partial charge in [-0.3, -0.25) is 0 Å². The summed E-state index contributed by atoms with van der Waals surface area (Å²) in [4.78, 5) is 11.1. The molecule has 0 bridgehead atoms. The largest absolute Gasteiger partial charge is 0.573 e. The van der Waals surface area contributed by atoms with E-state index >= 15 is 0 Å². The Bertz CT molecular complexity index is 537. The van der Waals surface area contributed by atoms with Crippen LogP contribution >= 0.6 is 12.6 Å². The Morgan fingerprint density at radius 3 is 2.58 bits per heavy atom. The van der Waals surface area contributed by atoms with Crippen molar-refractivity contribution in [2.45, 2.75) is 18.2 Å². The van der Waals surface area contributed by atoms with E-state index in [1.807, 2.05) is 0 Å². The monoisotopic (exact) mass is 291 g/mol. The zero-order chi connectivity index (χ0) is 14.6. The first-order chi connectivity index (χ1) is 8.80. The Kier molecular flexibility index (Phi) is 4.67. The molecule has 0 radical (unpaired) electrons. The van der Waals surface area contributed by atoms with Crippen molar-refractivity contribution in [3.8, 4) is 11.8 Å². The van der Waals surface area contributed by atoms with Crippen molar-refractivity contribution in [3.63, 3.8) is 0 Å². The first-order valence-corrected chi connectivity index (χ1v) is 5.43. The van der Waals surface area contributed by atoms with Gasteiger partial charge in [0.05, 0.1) is 17.1 Å². The second-order valence-corrected chi connectivity index (χ2v) is 3.67. The topological polar surface area (TPSA) is 59.3 Å². The number of carbonyl (C=O) groups excluding carboxylic acids is 1. The average molecular weight is 291 g/mol. The maximum absolute atomic E-state index is 12.3. The molecule has 0 aliphatic carbocycles. The molecule has 0 unspecified atom stereocenters. The quantitative estimate of drug-likeness (QED) is 0.687. The van der Waals surface area contributed by atoms with Gasteiger partial charge in [-0.25, -0.2) is 4.79 Å². The fourth-order valence-electron chi connectivity index (χ4n) is 1.25. The van der Waals surface area contributed by atoms with Crippen LogP contribution in [0.3, 0.4) is 0 Å². The highest BCUT2D eigenvalue weighted by Gasteiger charge is 2.34. The average Bonchev–Trinajstić information content (AvgIpc) is 2.30. The molecular weight excluding hydrogens is 283 g/mol. The lowest BCUT2D eigenvalue weighted by atomic mass is 10.1. The molecule has 0 N–H and O–H groups in total. The molecule has 1 aromatic carbocycles. The summed E-state index contributed by atoms with van der Waals surface area (Å²) in [6, 6.07) is 3.83. The van der Waals surface area contributed by atoms with Crippen molar-refractivity contribution in [1.82, 2.24) is 0 Å². The minimum atomic E-state index is -5.01. The van der Waals surface area contributed by atoms with Gasteiger partial charge < -0.3 is 9.47 Å². The van der Waals surface area contributed by atoms with Gasteiger partial charge >= 0.3 is 12.3 Å². The normalized spacial score (nSPS) is 10.7. The Morgan fingerprint density at radius 1 is 1.47 bits per heavy atom. The van der Waals surface area contributed by atoms with Gasteiger partial charge in [-0.05, 0) is 19.1 Å². The van der Waals surface area contributed by atoms with Crippen LogP contribution < -0.4 is 4.74 Å². The molecule has 0 aliphatic heterocycles. The molecule has 0 aromatic heterocycles. The first-order valence-electron chi connectivity index (χ1n) is 4.99. The fraction of sp³-hybridized carbons (Fsp3) is 0.273. The molecule has 1 aromatic rings. The summed E-state index contributed by atoms with van der Waals surface area (Å²) >= 11 is 3.78. The number of alkyl halides is 3. The molecule has 0 atom stereocenters. The minimum absolute atomic E-state index is 0.00774. The Balaban J connectivity index is 3.35. The number of carbonyl (C=O) groups is 1. The van der Waals surface area contributed by atoms with Gasteiger partial charge in [0.1, 0.15) is 11.6 Å². The predicted octanol–water partition coefficient (Wildman–Crippen LogP) is 2.92. The molecule has 8 heteroatoms. The van der Waals surface area contributed by atoms with Crippen molar-refractivity contribution in [1.29, 1.82) is 5.26 Å². The minimum Gasteiger partial charge on any atom is -0.462 e. The number of ether oxygens (including phenoxy) is 2. The number of hydrogen-bond donors (Lipinski definition) is 1. The summed E-state index contributed by atoms with van der Waals surface area (Å²) in [5.74, 6) is -1.82. The van der Waals surface area contributed by atoms with E-state index in [1.165, 1.54) is 6.92 Å².